The Bertz CT molecular complexity index is 3510. The minimum Gasteiger partial charge on any atom is -0.362 e. The van der Waals surface area contributed by atoms with Crippen LogP contribution in [0.5, 0.6) is 0 Å². The van der Waals surface area contributed by atoms with Crippen LogP contribution in [0.2, 0.25) is 0 Å². The first-order valence-electron chi connectivity index (χ1n) is 24.3. The second-order valence-corrected chi connectivity index (χ2v) is 18.1. The number of allylic oxidation sites excluding steroid dienone is 13. The number of nitrogens with zero attached hydrogens (tertiary/aromatic N) is 1. The summed E-state index contributed by atoms with van der Waals surface area (Å²) < 4.78 is 1.20. The normalized spacial score (nSPS) is 15.2. The number of hydrogen-bond donors (Lipinski definition) is 2. The Morgan fingerprint density at radius 2 is 1.15 bits per heavy atom. The highest BCUT2D eigenvalue weighted by Crippen LogP contribution is 2.33. The van der Waals surface area contributed by atoms with Crippen molar-refractivity contribution in [3.8, 4) is 43.8 Å². The molecule has 0 atom stereocenters. The first kappa shape index (κ1) is 50.3. The van der Waals surface area contributed by atoms with Gasteiger partial charge in [0.15, 0.2) is 0 Å². The summed E-state index contributed by atoms with van der Waals surface area (Å²) in [6, 6.07) is 67.3. The predicted octanol–water partition coefficient (Wildman–Crippen LogP) is 16.6. The number of thiophene rings is 1. The van der Waals surface area contributed by atoms with Gasteiger partial charge in [0.2, 0.25) is 0 Å². The van der Waals surface area contributed by atoms with Crippen molar-refractivity contribution < 1.29 is 0 Å². The summed E-state index contributed by atoms with van der Waals surface area (Å²) in [5.74, 6) is 0. The highest BCUT2D eigenvalue weighted by atomic mass is 32.1. The minimum atomic E-state index is 0.517. The number of hydrogen-bond acceptors (Lipinski definition) is 4. The molecule has 0 radical (unpaired) electrons. The van der Waals surface area contributed by atoms with Gasteiger partial charge in [-0.05, 0) is 145 Å². The lowest BCUT2D eigenvalue weighted by Gasteiger charge is -2.16. The molecular formula is C69H59N3S. The van der Waals surface area contributed by atoms with Gasteiger partial charge in [-0.15, -0.1) is 11.3 Å². The monoisotopic (exact) mass is 961 g/mol. The van der Waals surface area contributed by atoms with Crippen molar-refractivity contribution in [3.05, 3.63) is 326 Å². The first-order chi connectivity index (χ1) is 35.9. The van der Waals surface area contributed by atoms with Crippen molar-refractivity contribution in [2.45, 2.75) is 0 Å². The van der Waals surface area contributed by atoms with E-state index in [1.54, 1.807) is 11.3 Å². The van der Waals surface area contributed by atoms with Crippen LogP contribution >= 0.6 is 11.3 Å². The van der Waals surface area contributed by atoms with Gasteiger partial charge in [-0.1, -0.05) is 214 Å². The van der Waals surface area contributed by atoms with E-state index in [0.717, 1.165) is 67.0 Å². The van der Waals surface area contributed by atoms with Gasteiger partial charge in [0.25, 0.3) is 0 Å². The molecule has 1 aliphatic heterocycles. The highest BCUT2D eigenvalue weighted by molar-refractivity contribution is 7.14. The highest BCUT2D eigenvalue weighted by Gasteiger charge is 2.14. The largest absolute Gasteiger partial charge is 0.362 e. The van der Waals surface area contributed by atoms with Crippen LogP contribution in [-0.2, 0) is 0 Å². The number of para-hydroxylation sites is 2. The smallest absolute Gasteiger partial charge is 0.0449 e. The van der Waals surface area contributed by atoms with Crippen LogP contribution in [0, 0.1) is 0 Å². The predicted molar refractivity (Wildman–Crippen MR) is 320 cm³/mol. The van der Waals surface area contributed by atoms with Crippen molar-refractivity contribution in [2.75, 3.05) is 16.8 Å². The van der Waals surface area contributed by atoms with Crippen LogP contribution in [0.25, 0.3) is 67.1 Å². The summed E-state index contributed by atoms with van der Waals surface area (Å²) in [5, 5.41) is 4.47. The maximum Gasteiger partial charge on any atom is 0.0449 e. The maximum absolute atomic E-state index is 5.83. The fourth-order valence-electron chi connectivity index (χ4n) is 8.27. The van der Waals surface area contributed by atoms with Crippen molar-refractivity contribution in [3.63, 3.8) is 0 Å². The topological polar surface area (TPSA) is 41.3 Å². The van der Waals surface area contributed by atoms with Gasteiger partial charge >= 0.3 is 0 Å². The van der Waals surface area contributed by atoms with Crippen molar-refractivity contribution in [1.82, 2.24) is 0 Å². The van der Waals surface area contributed by atoms with Gasteiger partial charge in [-0.2, -0.15) is 0 Å². The van der Waals surface area contributed by atoms with Crippen LogP contribution in [0.3, 0.4) is 0 Å². The van der Waals surface area contributed by atoms with Crippen LogP contribution in [-0.4, -0.2) is 6.54 Å². The van der Waals surface area contributed by atoms with Crippen molar-refractivity contribution in [2.24, 2.45) is 5.73 Å². The molecule has 356 valence electrons. The molecule has 73 heavy (non-hydrogen) atoms. The van der Waals surface area contributed by atoms with Crippen LogP contribution in [0.15, 0.2) is 305 Å². The average molecular weight is 962 g/mol. The third-order valence-electron chi connectivity index (χ3n) is 12.0. The zero-order valence-electron chi connectivity index (χ0n) is 41.0. The number of anilines is 2. The van der Waals surface area contributed by atoms with Crippen LogP contribution < -0.4 is 25.7 Å². The number of rotatable bonds is 13. The summed E-state index contributed by atoms with van der Waals surface area (Å²) >= 11 is 1.78. The van der Waals surface area contributed by atoms with E-state index in [0.29, 0.717) is 6.54 Å². The minimum absolute atomic E-state index is 0.517. The standard InChI is InChI=1S/C48H40N2.C21H19NS/c1-37-17-11-13-31-50(48-27-8-5-9-28-48)32-29-46(33-39(37)3)45-24-16-23-44(36-45)43-22-15-21-42(35-43)41-20-14-19-40(34-41)38(2)18-10-12-30-49-47-25-6-4-7-26-47;1-2-9-19-18(14-15-22)20(16-10-5-3-6-11-16)21(23-19)17-12-7-4-8-13-17/h4-36,49H,1-3H2;2-14H,1,15,22H2/b17-11-,18-10-,30-12-,31-13-,32-29-,46-33+;18-14+,19-9+. The lowest BCUT2D eigenvalue weighted by Crippen LogP contribution is -2.21. The van der Waals surface area contributed by atoms with E-state index in [4.69, 9.17) is 5.73 Å². The van der Waals surface area contributed by atoms with Gasteiger partial charge in [0.05, 0.1) is 0 Å². The Hall–Kier alpha value is -9.06. The SMILES string of the molecule is C=C/C=c1/sc(-c2ccccc2)c(-c2ccccc2)/c1=C/CN.C=C1/C=C\C=C/N(c2ccccc2)/C=C\C(c2cccc(-c3cccc(-c4cccc(C(=C)/C=C\C=C/Nc5ccccc5)c4)c3)c2)=C/C1=C. The quantitative estimate of drug-likeness (QED) is 0.113. The van der Waals surface area contributed by atoms with E-state index < -0.39 is 0 Å². The third-order valence-corrected chi connectivity index (χ3v) is 13.2. The molecule has 0 unspecified atom stereocenters. The molecule has 3 nitrogen and oxygen atoms in total. The zero-order chi connectivity index (χ0) is 50.6. The Kier molecular flexibility index (Phi) is 17.7. The van der Waals surface area contributed by atoms with Crippen LogP contribution in [0.1, 0.15) is 11.1 Å². The molecule has 0 amide bonds. The fourth-order valence-corrected chi connectivity index (χ4v) is 9.53. The van der Waals surface area contributed by atoms with Gasteiger partial charge in [0.1, 0.15) is 0 Å². The van der Waals surface area contributed by atoms with E-state index >= 15 is 0 Å². The molecule has 1 aliphatic rings. The molecule has 0 saturated heterocycles. The second kappa shape index (κ2) is 25.7. The van der Waals surface area contributed by atoms with Gasteiger partial charge in [-0.25, -0.2) is 0 Å². The molecule has 7 aromatic carbocycles. The van der Waals surface area contributed by atoms with Crippen molar-refractivity contribution >= 4 is 46.0 Å². The summed E-state index contributed by atoms with van der Waals surface area (Å²) in [4.78, 5) is 3.38. The van der Waals surface area contributed by atoms with E-state index in [2.05, 4.69) is 200 Å². The molecule has 9 rings (SSSR count). The molecule has 0 spiro atoms. The Labute approximate surface area is 435 Å². The molecule has 1 aromatic heterocycles. The fraction of sp³-hybridized carbons (Fsp3) is 0.0145. The lowest BCUT2D eigenvalue weighted by molar-refractivity contribution is 1.28. The summed E-state index contributed by atoms with van der Waals surface area (Å²) in [6.07, 6.45) is 28.3. The van der Waals surface area contributed by atoms with Crippen molar-refractivity contribution in [1.29, 1.82) is 0 Å². The summed E-state index contributed by atoms with van der Waals surface area (Å²) in [5.41, 5.74) is 22.1. The van der Waals surface area contributed by atoms with E-state index in [9.17, 15) is 0 Å². The molecule has 0 aliphatic carbocycles. The Balaban J connectivity index is 0.000000257. The first-order valence-corrected chi connectivity index (χ1v) is 25.1. The maximum atomic E-state index is 5.83. The van der Waals surface area contributed by atoms with Gasteiger partial charge in [-0.3, -0.25) is 0 Å². The van der Waals surface area contributed by atoms with E-state index in [-0.39, 0.29) is 0 Å². The molecule has 3 N–H and O–H groups in total. The lowest BCUT2D eigenvalue weighted by atomic mass is 9.94. The van der Waals surface area contributed by atoms with E-state index in [1.165, 1.54) is 31.3 Å². The molecule has 2 heterocycles. The average Bonchev–Trinajstić information content (AvgIpc) is 3.79. The molecule has 0 fully saturated rings. The van der Waals surface area contributed by atoms with Crippen LogP contribution in [0.4, 0.5) is 11.4 Å². The number of nitrogens with one attached hydrogen (secondary N) is 1. The molecule has 0 bridgehead atoms. The molecule has 0 saturated carbocycles. The Morgan fingerprint density at radius 1 is 0.575 bits per heavy atom. The van der Waals surface area contributed by atoms with Gasteiger partial charge < -0.3 is 16.0 Å². The third kappa shape index (κ3) is 13.6. The molecule has 4 heteroatoms. The van der Waals surface area contributed by atoms with E-state index in [1.807, 2.05) is 116 Å². The summed E-state index contributed by atoms with van der Waals surface area (Å²) in [7, 11) is 0. The van der Waals surface area contributed by atoms with Gasteiger partial charge in [0, 0.05) is 51.5 Å². The second-order valence-electron chi connectivity index (χ2n) is 17.1. The number of nitrogens with two attached hydrogens (primary N) is 1. The molecule has 8 aromatic rings. The zero-order valence-corrected chi connectivity index (χ0v) is 41.8. The molecular weight excluding hydrogens is 903 g/mol. The number of benzene rings is 7. The Morgan fingerprint density at radius 3 is 1.81 bits per heavy atom. The summed E-state index contributed by atoms with van der Waals surface area (Å²) in [6.45, 7) is 17.2.